The van der Waals surface area contributed by atoms with Gasteiger partial charge < -0.3 is 13.7 Å². The predicted octanol–water partition coefficient (Wildman–Crippen LogP) is 14.2. The first-order valence-corrected chi connectivity index (χ1v) is 25.1. The lowest BCUT2D eigenvalue weighted by Gasteiger charge is -2.36. The topological polar surface area (TPSA) is 42.4 Å². The summed E-state index contributed by atoms with van der Waals surface area (Å²) in [7, 11) is -3.13. The molecular formula is C63H42N2O2Si. The predicted molar refractivity (Wildman–Crippen MR) is 285 cm³/mol. The highest BCUT2D eigenvalue weighted by Gasteiger charge is 2.43. The Morgan fingerprint density at radius 3 is 1.68 bits per heavy atom. The third kappa shape index (κ3) is 6.47. The second-order valence-electron chi connectivity index (χ2n) is 17.4. The maximum absolute atomic E-state index is 6.71. The number of oxazole rings is 1. The maximum Gasteiger partial charge on any atom is 0.227 e. The van der Waals surface area contributed by atoms with E-state index in [2.05, 4.69) is 229 Å². The zero-order valence-corrected chi connectivity index (χ0v) is 38.0. The molecule has 11 aromatic carbocycles. The molecule has 4 nitrogen and oxygen atoms in total. The Morgan fingerprint density at radius 1 is 0.353 bits per heavy atom. The van der Waals surface area contributed by atoms with Crippen LogP contribution in [0.4, 0.5) is 17.1 Å². The Balaban J connectivity index is 1.09. The maximum atomic E-state index is 6.71. The molecule has 0 atom stereocenters. The molecule has 0 radical (unpaired) electrons. The standard InChI is InChI=1S/C63H42N2O2Si/c1-5-18-43(19-6-1)47-22-15-23-48(40-47)65(50-38-36-44-34-35-45-37-39-56-62(60(45)55(44)42-50)67-63(64-56)46-20-7-2-8-21-46)49-24-16-29-53(41-49)68(51-25-9-3-10-26-51,52-27-11-4-12-28-52)59-33-17-32-58-61(59)54-30-13-14-31-57(54)66-58/h1-42H. The van der Waals surface area contributed by atoms with Crippen molar-refractivity contribution in [1.29, 1.82) is 0 Å². The van der Waals surface area contributed by atoms with Gasteiger partial charge in [-0.15, -0.1) is 0 Å². The number of hydrogen-bond acceptors (Lipinski definition) is 4. The first-order chi connectivity index (χ1) is 33.7. The summed E-state index contributed by atoms with van der Waals surface area (Å²) < 4.78 is 13.4. The van der Waals surface area contributed by atoms with Crippen molar-refractivity contribution in [3.63, 3.8) is 0 Å². The van der Waals surface area contributed by atoms with Gasteiger partial charge in [-0.25, -0.2) is 4.98 Å². The molecule has 0 aliphatic heterocycles. The first kappa shape index (κ1) is 39.6. The van der Waals surface area contributed by atoms with E-state index in [9.17, 15) is 0 Å². The fraction of sp³-hybridized carbons (Fsp3) is 0. The molecule has 13 rings (SSSR count). The van der Waals surface area contributed by atoms with Crippen LogP contribution in [0.25, 0.3) is 77.2 Å². The lowest BCUT2D eigenvalue weighted by Crippen LogP contribution is -2.74. The summed E-state index contributed by atoms with van der Waals surface area (Å²) in [6.45, 7) is 0. The first-order valence-electron chi connectivity index (χ1n) is 23.1. The molecule has 0 saturated heterocycles. The SMILES string of the molecule is c1ccc(-c2cccc(N(c3cccc([Si](c4ccccc4)(c4ccccc4)c4cccc5oc6ccccc6c45)c3)c3ccc4ccc5ccc6nc(-c7ccccc7)oc6c5c4c3)c2)cc1. The molecule has 68 heavy (non-hydrogen) atoms. The Morgan fingerprint density at radius 2 is 0.912 bits per heavy atom. The number of fused-ring (bicyclic) bond motifs is 8. The minimum absolute atomic E-state index is 0.612. The molecule has 0 amide bonds. The van der Waals surface area contributed by atoms with Gasteiger partial charge in [-0.05, 0) is 115 Å². The molecule has 0 aliphatic carbocycles. The molecule has 320 valence electrons. The highest BCUT2D eigenvalue weighted by molar-refractivity contribution is 7.20. The van der Waals surface area contributed by atoms with Gasteiger partial charge in [0.05, 0.1) is 0 Å². The van der Waals surface area contributed by atoms with Crippen LogP contribution >= 0.6 is 0 Å². The van der Waals surface area contributed by atoms with Crippen molar-refractivity contribution < 1.29 is 8.83 Å². The molecule has 2 aromatic heterocycles. The fourth-order valence-corrected chi connectivity index (χ4v) is 15.6. The van der Waals surface area contributed by atoms with Gasteiger partial charge in [-0.2, -0.15) is 0 Å². The number of anilines is 3. The summed E-state index contributed by atoms with van der Waals surface area (Å²) in [4.78, 5) is 7.42. The lowest BCUT2D eigenvalue weighted by atomic mass is 9.99. The van der Waals surface area contributed by atoms with Gasteiger partial charge in [0.2, 0.25) is 5.89 Å². The van der Waals surface area contributed by atoms with E-state index in [0.717, 1.165) is 88.3 Å². The highest BCUT2D eigenvalue weighted by Crippen LogP contribution is 2.41. The Bertz CT molecular complexity index is 3940. The van der Waals surface area contributed by atoms with Crippen molar-refractivity contribution >= 4 is 100 Å². The quantitative estimate of drug-likeness (QED) is 0.0823. The van der Waals surface area contributed by atoms with E-state index in [4.69, 9.17) is 13.8 Å². The minimum atomic E-state index is -3.13. The van der Waals surface area contributed by atoms with Crippen molar-refractivity contribution in [2.75, 3.05) is 4.90 Å². The monoisotopic (exact) mass is 886 g/mol. The van der Waals surface area contributed by atoms with Gasteiger partial charge in [-0.1, -0.05) is 188 Å². The van der Waals surface area contributed by atoms with Crippen LogP contribution in [-0.2, 0) is 0 Å². The van der Waals surface area contributed by atoms with Crippen LogP contribution in [0.1, 0.15) is 0 Å². The number of benzene rings is 11. The van der Waals surface area contributed by atoms with Crippen molar-refractivity contribution in [3.8, 4) is 22.6 Å². The third-order valence-electron chi connectivity index (χ3n) is 13.6. The largest absolute Gasteiger partial charge is 0.456 e. The van der Waals surface area contributed by atoms with E-state index in [1.165, 1.54) is 20.7 Å². The molecule has 0 aliphatic rings. The summed E-state index contributed by atoms with van der Waals surface area (Å²) in [6.07, 6.45) is 0. The van der Waals surface area contributed by atoms with Crippen molar-refractivity contribution in [1.82, 2.24) is 4.98 Å². The van der Waals surface area contributed by atoms with E-state index >= 15 is 0 Å². The van der Waals surface area contributed by atoms with Crippen LogP contribution in [0.2, 0.25) is 0 Å². The lowest BCUT2D eigenvalue weighted by molar-refractivity contribution is 0.623. The normalized spacial score (nSPS) is 11.8. The molecule has 0 fully saturated rings. The molecule has 0 saturated carbocycles. The van der Waals surface area contributed by atoms with Crippen LogP contribution < -0.4 is 25.6 Å². The number of hydrogen-bond donors (Lipinski definition) is 0. The van der Waals surface area contributed by atoms with E-state index in [1.807, 2.05) is 30.3 Å². The van der Waals surface area contributed by atoms with Gasteiger partial charge in [-0.3, -0.25) is 0 Å². The second-order valence-corrected chi connectivity index (χ2v) is 21.2. The van der Waals surface area contributed by atoms with Crippen molar-refractivity contribution in [2.24, 2.45) is 0 Å². The van der Waals surface area contributed by atoms with E-state index in [1.54, 1.807) is 0 Å². The molecule has 0 bridgehead atoms. The van der Waals surface area contributed by atoms with Crippen molar-refractivity contribution in [3.05, 3.63) is 255 Å². The van der Waals surface area contributed by atoms with Crippen LogP contribution in [0, 0.1) is 0 Å². The fourth-order valence-electron chi connectivity index (χ4n) is 10.6. The number of para-hydroxylation sites is 1. The zero-order valence-electron chi connectivity index (χ0n) is 37.0. The molecule has 0 unspecified atom stereocenters. The molecular weight excluding hydrogens is 845 g/mol. The average molecular weight is 887 g/mol. The summed E-state index contributed by atoms with van der Waals surface area (Å²) in [5.41, 5.74) is 9.78. The molecule has 0 spiro atoms. The van der Waals surface area contributed by atoms with Crippen molar-refractivity contribution in [2.45, 2.75) is 0 Å². The second kappa shape index (κ2) is 16.3. The Hall–Kier alpha value is -8.77. The highest BCUT2D eigenvalue weighted by atomic mass is 28.3. The van der Waals surface area contributed by atoms with E-state index < -0.39 is 8.07 Å². The molecule has 5 heteroatoms. The van der Waals surface area contributed by atoms with Gasteiger partial charge >= 0.3 is 0 Å². The summed E-state index contributed by atoms with van der Waals surface area (Å²) in [5.74, 6) is 0.612. The molecule has 13 aromatic rings. The van der Waals surface area contributed by atoms with Crippen LogP contribution in [0.5, 0.6) is 0 Å². The number of aromatic nitrogens is 1. The minimum Gasteiger partial charge on any atom is -0.456 e. The third-order valence-corrected chi connectivity index (χ3v) is 18.4. The smallest absolute Gasteiger partial charge is 0.227 e. The molecule has 0 N–H and O–H groups in total. The van der Waals surface area contributed by atoms with Crippen LogP contribution in [0.15, 0.2) is 264 Å². The summed E-state index contributed by atoms with van der Waals surface area (Å²) >= 11 is 0. The average Bonchev–Trinajstić information content (AvgIpc) is 4.03. The zero-order chi connectivity index (χ0) is 45.0. The number of furan rings is 1. The van der Waals surface area contributed by atoms with Gasteiger partial charge in [0.1, 0.15) is 16.7 Å². The van der Waals surface area contributed by atoms with Gasteiger partial charge in [0.15, 0.2) is 13.7 Å². The van der Waals surface area contributed by atoms with Crippen LogP contribution in [0.3, 0.4) is 0 Å². The Labute approximate surface area is 394 Å². The molecule has 2 heterocycles. The van der Waals surface area contributed by atoms with Gasteiger partial charge in [0.25, 0.3) is 0 Å². The Kier molecular flexibility index (Phi) is 9.48. The van der Waals surface area contributed by atoms with Crippen LogP contribution in [-0.4, -0.2) is 13.1 Å². The number of nitrogens with zero attached hydrogens (tertiary/aromatic N) is 2. The summed E-state index contributed by atoms with van der Waals surface area (Å²) in [6, 6.07) is 91.9. The van der Waals surface area contributed by atoms with E-state index in [-0.39, 0.29) is 0 Å². The van der Waals surface area contributed by atoms with E-state index in [0.29, 0.717) is 5.89 Å². The van der Waals surface area contributed by atoms with Gasteiger partial charge in [0, 0.05) is 38.8 Å². The number of rotatable bonds is 9. The summed E-state index contributed by atoms with van der Waals surface area (Å²) in [5, 5.41) is 11.8.